The largest absolute Gasteiger partial charge is 0.464 e. The molecule has 4 fully saturated rings. The molecular weight excluding hydrogens is 347 g/mol. The molecule has 4 saturated carbocycles. The minimum absolute atomic E-state index is 0.114. The fraction of sp³-hybridized carbons (Fsp3) is 0.750. The van der Waals surface area contributed by atoms with E-state index in [0.29, 0.717) is 25.2 Å². The number of nitrogens with zero attached hydrogens (tertiary/aromatic N) is 2. The van der Waals surface area contributed by atoms with E-state index < -0.39 is 47.1 Å². The number of carbonyl (C=O) groups is 1. The maximum absolute atomic E-state index is 13.7. The molecule has 4 aliphatic carbocycles. The van der Waals surface area contributed by atoms with Gasteiger partial charge in [0.25, 0.3) is 0 Å². The number of hydrogen-bond donors (Lipinski definition) is 0. The number of methoxy groups -OCH3 is 1. The minimum Gasteiger partial charge on any atom is -0.464 e. The van der Waals surface area contributed by atoms with E-state index in [1.54, 1.807) is 0 Å². The molecule has 0 aromatic carbocycles. The second kappa shape index (κ2) is 5.17. The van der Waals surface area contributed by atoms with Crippen molar-refractivity contribution >= 4 is 5.97 Å². The van der Waals surface area contributed by atoms with E-state index >= 15 is 0 Å². The molecule has 1 aromatic rings. The normalized spacial score (nSPS) is 33.0. The Balaban J connectivity index is 1.76. The van der Waals surface area contributed by atoms with Gasteiger partial charge in [-0.3, -0.25) is 4.68 Å². The van der Waals surface area contributed by atoms with Gasteiger partial charge in [-0.05, 0) is 37.5 Å². The number of carbonyl (C=O) groups excluding carboxylic acids is 1. The summed E-state index contributed by atoms with van der Waals surface area (Å²) in [5.74, 6) is -2.01. The molecule has 5 rings (SSSR count). The Labute approximate surface area is 140 Å². The molecule has 0 N–H and O–H groups in total. The van der Waals surface area contributed by atoms with E-state index in [2.05, 4.69) is 9.84 Å². The number of rotatable bonds is 5. The van der Waals surface area contributed by atoms with Crippen LogP contribution in [0.2, 0.25) is 0 Å². The van der Waals surface area contributed by atoms with Crippen molar-refractivity contribution in [2.24, 2.45) is 17.8 Å². The zero-order chi connectivity index (χ0) is 18.1. The topological polar surface area (TPSA) is 44.1 Å². The summed E-state index contributed by atoms with van der Waals surface area (Å²) in [5, 5.41) is 4.10. The van der Waals surface area contributed by atoms with E-state index in [1.165, 1.54) is 0 Å². The number of aromatic nitrogens is 2. The van der Waals surface area contributed by atoms with Crippen molar-refractivity contribution in [3.05, 3.63) is 17.0 Å². The SMILES string of the molecule is COC(=O)c1c(C(F)(F)F)c(C23CC(C2)C3)nn1C[C@@H]1C[C@H]1C(F)F. The van der Waals surface area contributed by atoms with Gasteiger partial charge in [0.2, 0.25) is 6.43 Å². The van der Waals surface area contributed by atoms with Gasteiger partial charge in [0.15, 0.2) is 5.69 Å². The maximum Gasteiger partial charge on any atom is 0.420 e. The number of ether oxygens (including phenoxy) is 1. The fourth-order valence-electron chi connectivity index (χ4n) is 4.32. The first-order valence-corrected chi connectivity index (χ1v) is 8.21. The lowest BCUT2D eigenvalue weighted by Crippen LogP contribution is -2.56. The van der Waals surface area contributed by atoms with Gasteiger partial charge < -0.3 is 4.74 Å². The van der Waals surface area contributed by atoms with Crippen molar-refractivity contribution in [1.29, 1.82) is 0 Å². The molecule has 9 heteroatoms. The van der Waals surface area contributed by atoms with Gasteiger partial charge in [0.1, 0.15) is 5.56 Å². The summed E-state index contributed by atoms with van der Waals surface area (Å²) >= 11 is 0. The highest BCUT2D eigenvalue weighted by molar-refractivity contribution is 5.90. The third-order valence-electron chi connectivity index (χ3n) is 5.86. The van der Waals surface area contributed by atoms with Crippen LogP contribution in [0.4, 0.5) is 22.0 Å². The maximum atomic E-state index is 13.7. The van der Waals surface area contributed by atoms with Crippen molar-refractivity contribution < 1.29 is 31.5 Å². The molecule has 138 valence electrons. The van der Waals surface area contributed by atoms with Gasteiger partial charge in [-0.15, -0.1) is 0 Å². The molecule has 0 amide bonds. The smallest absolute Gasteiger partial charge is 0.420 e. The first-order chi connectivity index (χ1) is 11.7. The van der Waals surface area contributed by atoms with Crippen molar-refractivity contribution in [1.82, 2.24) is 9.78 Å². The van der Waals surface area contributed by atoms with Crippen LogP contribution in [0.5, 0.6) is 0 Å². The third kappa shape index (κ3) is 2.45. The molecule has 25 heavy (non-hydrogen) atoms. The quantitative estimate of drug-likeness (QED) is 0.592. The van der Waals surface area contributed by atoms with E-state index in [-0.39, 0.29) is 18.7 Å². The van der Waals surface area contributed by atoms with Crippen LogP contribution in [0, 0.1) is 17.8 Å². The summed E-state index contributed by atoms with van der Waals surface area (Å²) in [7, 11) is 1.000. The Bertz CT molecular complexity index is 710. The van der Waals surface area contributed by atoms with Crippen LogP contribution < -0.4 is 0 Å². The second-order valence-corrected chi connectivity index (χ2v) is 7.50. The summed E-state index contributed by atoms with van der Waals surface area (Å²) in [6, 6.07) is 0. The molecule has 1 heterocycles. The Morgan fingerprint density at radius 2 is 2.00 bits per heavy atom. The Kier molecular flexibility index (Phi) is 3.47. The summed E-state index contributed by atoms with van der Waals surface area (Å²) in [6.07, 6.45) is -5.13. The Morgan fingerprint density at radius 3 is 2.40 bits per heavy atom. The van der Waals surface area contributed by atoms with E-state index in [0.717, 1.165) is 11.8 Å². The van der Waals surface area contributed by atoms with Gasteiger partial charge in [-0.25, -0.2) is 13.6 Å². The van der Waals surface area contributed by atoms with Crippen LogP contribution in [0.25, 0.3) is 0 Å². The summed E-state index contributed by atoms with van der Waals surface area (Å²) in [4.78, 5) is 12.0. The van der Waals surface area contributed by atoms with Crippen molar-refractivity contribution in [2.45, 2.75) is 50.2 Å². The molecule has 0 unspecified atom stereocenters. The highest BCUT2D eigenvalue weighted by Crippen LogP contribution is 2.66. The van der Waals surface area contributed by atoms with Gasteiger partial charge >= 0.3 is 12.1 Å². The van der Waals surface area contributed by atoms with Crippen LogP contribution in [-0.4, -0.2) is 29.3 Å². The van der Waals surface area contributed by atoms with Crippen LogP contribution in [0.15, 0.2) is 0 Å². The van der Waals surface area contributed by atoms with Crippen molar-refractivity contribution in [3.8, 4) is 0 Å². The van der Waals surface area contributed by atoms with E-state index in [9.17, 15) is 26.7 Å². The zero-order valence-electron chi connectivity index (χ0n) is 13.4. The molecule has 4 aliphatic rings. The molecular formula is C16H17F5N2O2. The second-order valence-electron chi connectivity index (χ2n) is 7.50. The van der Waals surface area contributed by atoms with Crippen LogP contribution in [0.1, 0.15) is 47.4 Å². The molecule has 4 nitrogen and oxygen atoms in total. The Morgan fingerprint density at radius 1 is 1.36 bits per heavy atom. The van der Waals surface area contributed by atoms with Gasteiger partial charge in [0.05, 0.1) is 12.8 Å². The highest BCUT2D eigenvalue weighted by atomic mass is 19.4. The molecule has 1 aromatic heterocycles. The molecule has 2 atom stereocenters. The summed E-state index contributed by atoms with van der Waals surface area (Å²) < 4.78 is 72.1. The monoisotopic (exact) mass is 364 g/mol. The summed E-state index contributed by atoms with van der Waals surface area (Å²) in [6.45, 7) is -0.123. The summed E-state index contributed by atoms with van der Waals surface area (Å²) in [5.41, 5.74) is -2.44. The molecule has 0 aliphatic heterocycles. The average Bonchev–Trinajstić information content (AvgIpc) is 3.07. The van der Waals surface area contributed by atoms with E-state index in [4.69, 9.17) is 0 Å². The lowest BCUT2D eigenvalue weighted by Gasteiger charge is -2.61. The average molecular weight is 364 g/mol. The Hall–Kier alpha value is -1.67. The van der Waals surface area contributed by atoms with Crippen molar-refractivity contribution in [3.63, 3.8) is 0 Å². The van der Waals surface area contributed by atoms with Crippen LogP contribution in [0.3, 0.4) is 0 Å². The lowest BCUT2D eigenvalue weighted by molar-refractivity contribution is -0.142. The fourth-order valence-corrected chi connectivity index (χ4v) is 4.32. The van der Waals surface area contributed by atoms with Crippen LogP contribution in [-0.2, 0) is 22.9 Å². The number of hydrogen-bond acceptors (Lipinski definition) is 3. The third-order valence-corrected chi connectivity index (χ3v) is 5.86. The minimum atomic E-state index is -4.75. The van der Waals surface area contributed by atoms with Crippen molar-refractivity contribution in [2.75, 3.05) is 7.11 Å². The molecule has 2 bridgehead atoms. The standard InChI is InChI=1S/C16H17F5N2O2/c1-25-14(24)11-10(16(19,20)21)12(15-3-7(4-15)5-15)22-23(11)6-8-2-9(8)13(17)18/h7-9,13H,2-6H2,1H3/t7?,8-,9+,15?/m0/s1. The predicted octanol–water partition coefficient (Wildman–Crippen LogP) is 3.64. The zero-order valence-corrected chi connectivity index (χ0v) is 13.4. The molecule has 0 saturated heterocycles. The first-order valence-electron chi connectivity index (χ1n) is 8.21. The highest BCUT2D eigenvalue weighted by Gasteiger charge is 2.62. The molecule has 0 spiro atoms. The number of halogens is 5. The van der Waals surface area contributed by atoms with E-state index in [1.807, 2.05) is 0 Å². The number of esters is 1. The number of alkyl halides is 5. The predicted molar refractivity (Wildman–Crippen MR) is 75.2 cm³/mol. The first kappa shape index (κ1) is 16.8. The van der Waals surface area contributed by atoms with Gasteiger partial charge in [0, 0.05) is 17.9 Å². The van der Waals surface area contributed by atoms with Gasteiger partial charge in [-0.1, -0.05) is 0 Å². The molecule has 0 radical (unpaired) electrons. The van der Waals surface area contributed by atoms with Crippen LogP contribution >= 0.6 is 0 Å². The van der Waals surface area contributed by atoms with Gasteiger partial charge in [-0.2, -0.15) is 18.3 Å². The lowest BCUT2D eigenvalue weighted by atomic mass is 9.43.